The summed E-state index contributed by atoms with van der Waals surface area (Å²) in [6.07, 6.45) is 3.18. The summed E-state index contributed by atoms with van der Waals surface area (Å²) < 4.78 is 13.0. The van der Waals surface area contributed by atoms with Gasteiger partial charge in [-0.3, -0.25) is 0 Å². The number of halogens is 1. The minimum absolute atomic E-state index is 0.332. The van der Waals surface area contributed by atoms with Crippen LogP contribution >= 0.6 is 23.4 Å². The predicted octanol–water partition coefficient (Wildman–Crippen LogP) is 4.41. The number of nitrogens with zero attached hydrogens (tertiary/aromatic N) is 4. The van der Waals surface area contributed by atoms with E-state index in [1.54, 1.807) is 29.0 Å². The van der Waals surface area contributed by atoms with E-state index >= 15 is 0 Å². The first-order chi connectivity index (χ1) is 12.2. The third kappa shape index (κ3) is 4.64. The topological polar surface area (TPSA) is 65.4 Å². The van der Waals surface area contributed by atoms with Crippen molar-refractivity contribution in [2.75, 3.05) is 5.75 Å². The van der Waals surface area contributed by atoms with Gasteiger partial charge in [0.15, 0.2) is 0 Å². The minimum Gasteiger partial charge on any atom is -0.486 e. The molecule has 0 atom stereocenters. The molecule has 0 saturated heterocycles. The first kappa shape index (κ1) is 17.6. The van der Waals surface area contributed by atoms with Gasteiger partial charge >= 0.3 is 0 Å². The molecule has 0 aliphatic heterocycles. The van der Waals surface area contributed by atoms with Crippen LogP contribution in [0.2, 0.25) is 5.02 Å². The molecule has 0 radical (unpaired) electrons. The molecule has 0 saturated carbocycles. The van der Waals surface area contributed by atoms with E-state index in [1.165, 1.54) is 0 Å². The van der Waals surface area contributed by atoms with Crippen molar-refractivity contribution < 1.29 is 9.15 Å². The van der Waals surface area contributed by atoms with Gasteiger partial charge < -0.3 is 9.15 Å². The Morgan fingerprint density at radius 3 is 3.04 bits per heavy atom. The maximum atomic E-state index is 6.01. The van der Waals surface area contributed by atoms with Crippen LogP contribution < -0.4 is 4.74 Å². The Kier molecular flexibility index (Phi) is 5.78. The molecule has 25 heavy (non-hydrogen) atoms. The molecule has 8 heteroatoms. The number of aryl methyl sites for hydroxylation is 1. The van der Waals surface area contributed by atoms with Crippen LogP contribution in [0.25, 0.3) is 0 Å². The Morgan fingerprint density at radius 2 is 2.24 bits per heavy atom. The number of furan rings is 1. The smallest absolute Gasteiger partial charge is 0.211 e. The first-order valence-corrected chi connectivity index (χ1v) is 9.07. The standard InChI is InChI=1S/C17H17ClN4O2S/c1-3-25-17-21-19-11-22(17)20-9-14-4-5-15(24-14)10-23-13-6-7-16(18)12(2)8-13/h4-9,11H,3,10H2,1-2H3/b20-9-. The van der Waals surface area contributed by atoms with Crippen LogP contribution in [0.15, 0.2) is 51.3 Å². The first-order valence-electron chi connectivity index (χ1n) is 7.70. The highest BCUT2D eigenvalue weighted by Crippen LogP contribution is 2.22. The van der Waals surface area contributed by atoms with Gasteiger partial charge in [0.25, 0.3) is 0 Å². The highest BCUT2D eigenvalue weighted by Gasteiger charge is 2.05. The molecule has 0 aliphatic carbocycles. The number of thioether (sulfide) groups is 1. The van der Waals surface area contributed by atoms with Gasteiger partial charge in [-0.1, -0.05) is 30.3 Å². The van der Waals surface area contributed by atoms with E-state index in [4.69, 9.17) is 20.8 Å². The molecular weight excluding hydrogens is 360 g/mol. The van der Waals surface area contributed by atoms with Crippen LogP contribution in [-0.4, -0.2) is 26.8 Å². The summed E-state index contributed by atoms with van der Waals surface area (Å²) in [5.41, 5.74) is 0.973. The van der Waals surface area contributed by atoms with Crippen molar-refractivity contribution in [2.45, 2.75) is 25.6 Å². The second-order valence-electron chi connectivity index (χ2n) is 5.14. The molecule has 0 aliphatic rings. The number of hydrogen-bond acceptors (Lipinski definition) is 6. The number of ether oxygens (including phenoxy) is 1. The second kappa shape index (κ2) is 8.22. The van der Waals surface area contributed by atoms with Crippen molar-refractivity contribution in [2.24, 2.45) is 5.10 Å². The summed E-state index contributed by atoms with van der Waals surface area (Å²) in [5.74, 6) is 2.99. The van der Waals surface area contributed by atoms with Gasteiger partial charge in [0.2, 0.25) is 5.16 Å². The largest absolute Gasteiger partial charge is 0.486 e. The van der Waals surface area contributed by atoms with E-state index in [1.807, 2.05) is 44.2 Å². The highest BCUT2D eigenvalue weighted by molar-refractivity contribution is 7.99. The Bertz CT molecular complexity index is 875. The van der Waals surface area contributed by atoms with Crippen LogP contribution in [-0.2, 0) is 6.61 Å². The fourth-order valence-electron chi connectivity index (χ4n) is 2.04. The fourth-order valence-corrected chi connectivity index (χ4v) is 2.75. The number of hydrogen-bond donors (Lipinski definition) is 0. The van der Waals surface area contributed by atoms with Crippen molar-refractivity contribution in [1.82, 2.24) is 14.9 Å². The molecule has 2 heterocycles. The van der Waals surface area contributed by atoms with E-state index in [-0.39, 0.29) is 0 Å². The fraction of sp³-hybridized carbons (Fsp3) is 0.235. The van der Waals surface area contributed by atoms with Gasteiger partial charge in [-0.25, -0.2) is 0 Å². The average Bonchev–Trinajstić information content (AvgIpc) is 3.24. The lowest BCUT2D eigenvalue weighted by molar-refractivity contribution is 0.269. The highest BCUT2D eigenvalue weighted by atomic mass is 35.5. The Hall–Kier alpha value is -2.25. The van der Waals surface area contributed by atoms with Crippen LogP contribution in [0.4, 0.5) is 0 Å². The summed E-state index contributed by atoms with van der Waals surface area (Å²) in [4.78, 5) is 0. The zero-order valence-electron chi connectivity index (χ0n) is 13.8. The molecule has 0 spiro atoms. The molecule has 6 nitrogen and oxygen atoms in total. The van der Waals surface area contributed by atoms with Crippen LogP contribution in [0.1, 0.15) is 24.0 Å². The number of benzene rings is 1. The maximum absolute atomic E-state index is 6.01. The van der Waals surface area contributed by atoms with Gasteiger partial charge in [-0.2, -0.15) is 9.78 Å². The van der Waals surface area contributed by atoms with Crippen molar-refractivity contribution in [3.05, 3.63) is 58.8 Å². The SMILES string of the molecule is CCSc1nncn1/N=C\c1ccc(COc2ccc(Cl)c(C)c2)o1. The van der Waals surface area contributed by atoms with Crippen molar-refractivity contribution in [1.29, 1.82) is 0 Å². The van der Waals surface area contributed by atoms with Crippen molar-refractivity contribution in [3.63, 3.8) is 0 Å². The Balaban J connectivity index is 1.61. The van der Waals surface area contributed by atoms with Gasteiger partial charge in [0, 0.05) is 5.02 Å². The number of aromatic nitrogens is 3. The van der Waals surface area contributed by atoms with Gasteiger partial charge in [-0.15, -0.1) is 10.2 Å². The minimum atomic E-state index is 0.332. The molecule has 3 rings (SSSR count). The zero-order chi connectivity index (χ0) is 17.6. The molecular formula is C17H17ClN4O2S. The van der Waals surface area contributed by atoms with Crippen LogP contribution in [0, 0.1) is 6.92 Å². The quantitative estimate of drug-likeness (QED) is 0.451. The Morgan fingerprint density at radius 1 is 1.36 bits per heavy atom. The van der Waals surface area contributed by atoms with Gasteiger partial charge in [0.05, 0.1) is 6.21 Å². The van der Waals surface area contributed by atoms with Gasteiger partial charge in [0.1, 0.15) is 30.2 Å². The average molecular weight is 377 g/mol. The predicted molar refractivity (Wildman–Crippen MR) is 98.6 cm³/mol. The molecule has 3 aromatic rings. The van der Waals surface area contributed by atoms with E-state index in [0.717, 1.165) is 27.2 Å². The molecule has 1 aromatic carbocycles. The van der Waals surface area contributed by atoms with E-state index < -0.39 is 0 Å². The van der Waals surface area contributed by atoms with Crippen molar-refractivity contribution in [3.8, 4) is 5.75 Å². The normalized spacial score (nSPS) is 11.3. The molecule has 130 valence electrons. The zero-order valence-corrected chi connectivity index (χ0v) is 15.4. The summed E-state index contributed by atoms with van der Waals surface area (Å²) >= 11 is 7.58. The Labute approximate surface area is 154 Å². The van der Waals surface area contributed by atoms with E-state index in [2.05, 4.69) is 15.3 Å². The molecule has 0 fully saturated rings. The molecule has 0 unspecified atom stereocenters. The molecule has 0 N–H and O–H groups in total. The summed E-state index contributed by atoms with van der Waals surface area (Å²) in [5, 5.41) is 13.6. The maximum Gasteiger partial charge on any atom is 0.211 e. The third-order valence-corrected chi connectivity index (χ3v) is 4.52. The summed E-state index contributed by atoms with van der Waals surface area (Å²) in [7, 11) is 0. The third-order valence-electron chi connectivity index (χ3n) is 3.28. The molecule has 0 bridgehead atoms. The van der Waals surface area contributed by atoms with Gasteiger partial charge in [-0.05, 0) is 48.6 Å². The number of rotatable bonds is 7. The van der Waals surface area contributed by atoms with Crippen LogP contribution in [0.5, 0.6) is 5.75 Å². The lowest BCUT2D eigenvalue weighted by atomic mass is 10.2. The summed E-state index contributed by atoms with van der Waals surface area (Å²) in [6, 6.07) is 9.24. The van der Waals surface area contributed by atoms with E-state index in [9.17, 15) is 0 Å². The lowest BCUT2D eigenvalue weighted by Crippen LogP contribution is -1.94. The van der Waals surface area contributed by atoms with E-state index in [0.29, 0.717) is 18.1 Å². The summed E-state index contributed by atoms with van der Waals surface area (Å²) in [6.45, 7) is 4.32. The second-order valence-corrected chi connectivity index (χ2v) is 6.78. The molecule has 2 aromatic heterocycles. The van der Waals surface area contributed by atoms with Crippen LogP contribution in [0.3, 0.4) is 0 Å². The monoisotopic (exact) mass is 376 g/mol. The molecule has 0 amide bonds. The van der Waals surface area contributed by atoms with Crippen molar-refractivity contribution >= 4 is 29.6 Å². The lowest BCUT2D eigenvalue weighted by Gasteiger charge is -2.05.